The lowest BCUT2D eigenvalue weighted by molar-refractivity contribution is 0.0723. The molecule has 0 bridgehead atoms. The number of nitrogens with zero attached hydrogens (tertiary/aromatic N) is 4. The summed E-state index contributed by atoms with van der Waals surface area (Å²) in [5.41, 5.74) is 2.93. The third kappa shape index (κ3) is 3.83. The van der Waals surface area contributed by atoms with E-state index in [9.17, 15) is 4.79 Å². The van der Waals surface area contributed by atoms with Gasteiger partial charge in [-0.1, -0.05) is 6.92 Å². The predicted molar refractivity (Wildman–Crippen MR) is 93.9 cm³/mol. The maximum atomic E-state index is 12.8. The Kier molecular flexibility index (Phi) is 5.28. The van der Waals surface area contributed by atoms with Crippen LogP contribution in [0, 0.1) is 6.92 Å². The fourth-order valence-corrected chi connectivity index (χ4v) is 3.47. The summed E-state index contributed by atoms with van der Waals surface area (Å²) in [5, 5.41) is 4.43. The molecule has 5 nitrogen and oxygen atoms in total. The van der Waals surface area contributed by atoms with Crippen molar-refractivity contribution in [3.63, 3.8) is 0 Å². The van der Waals surface area contributed by atoms with Crippen molar-refractivity contribution in [3.8, 4) is 0 Å². The zero-order chi connectivity index (χ0) is 16.9. The van der Waals surface area contributed by atoms with Crippen LogP contribution in [-0.4, -0.2) is 38.2 Å². The summed E-state index contributed by atoms with van der Waals surface area (Å²) in [7, 11) is 0. The number of amides is 1. The van der Waals surface area contributed by atoms with Gasteiger partial charge in [-0.05, 0) is 62.8 Å². The molecule has 3 heterocycles. The highest BCUT2D eigenvalue weighted by Gasteiger charge is 2.30. The number of likely N-dealkylation sites (tertiary alicyclic amines) is 1. The molecule has 2 aromatic heterocycles. The van der Waals surface area contributed by atoms with Gasteiger partial charge in [-0.2, -0.15) is 5.10 Å². The van der Waals surface area contributed by atoms with E-state index in [4.69, 9.17) is 0 Å². The number of carbonyl (C=O) groups is 1. The fraction of sp³-hybridized carbons (Fsp3) is 0.526. The molecule has 0 spiro atoms. The minimum Gasteiger partial charge on any atom is -0.334 e. The molecule has 3 rings (SSSR count). The van der Waals surface area contributed by atoms with Crippen LogP contribution in [0.25, 0.3) is 0 Å². The van der Waals surface area contributed by atoms with Gasteiger partial charge in [0, 0.05) is 37.2 Å². The van der Waals surface area contributed by atoms with Gasteiger partial charge in [-0.15, -0.1) is 0 Å². The molecule has 5 heteroatoms. The van der Waals surface area contributed by atoms with Crippen LogP contribution in [0.4, 0.5) is 0 Å². The smallest absolute Gasteiger partial charge is 0.274 e. The fourth-order valence-electron chi connectivity index (χ4n) is 3.47. The van der Waals surface area contributed by atoms with E-state index in [0.717, 1.165) is 50.9 Å². The standard InChI is InChI=1S/C19H26N4O/c1-3-11-22-13-9-18(21-22)19(24)23-12-4-5-17(23)7-6-16-8-10-20-15(2)14-16/h8-10,13-14,17H,3-7,11-12H2,1-2H3/t17-/m0/s1. The monoisotopic (exact) mass is 326 g/mol. The van der Waals surface area contributed by atoms with Crippen LogP contribution < -0.4 is 0 Å². The molecule has 2 aromatic rings. The molecule has 128 valence electrons. The molecule has 0 saturated carbocycles. The molecular weight excluding hydrogens is 300 g/mol. The van der Waals surface area contributed by atoms with E-state index in [2.05, 4.69) is 29.1 Å². The third-order valence-corrected chi connectivity index (χ3v) is 4.68. The summed E-state index contributed by atoms with van der Waals surface area (Å²) in [6.07, 6.45) is 8.96. The van der Waals surface area contributed by atoms with E-state index in [1.807, 2.05) is 35.0 Å². The van der Waals surface area contributed by atoms with Crippen LogP contribution in [0.5, 0.6) is 0 Å². The first-order valence-electron chi connectivity index (χ1n) is 8.93. The van der Waals surface area contributed by atoms with Crippen LogP contribution in [0.1, 0.15) is 54.4 Å². The molecular formula is C19H26N4O. The normalized spacial score (nSPS) is 17.4. The van der Waals surface area contributed by atoms with Gasteiger partial charge in [0.2, 0.25) is 0 Å². The molecule has 24 heavy (non-hydrogen) atoms. The van der Waals surface area contributed by atoms with Gasteiger partial charge in [-0.3, -0.25) is 14.5 Å². The minimum absolute atomic E-state index is 0.0817. The van der Waals surface area contributed by atoms with Crippen LogP contribution in [0.3, 0.4) is 0 Å². The van der Waals surface area contributed by atoms with Crippen molar-refractivity contribution in [3.05, 3.63) is 47.5 Å². The van der Waals surface area contributed by atoms with Gasteiger partial charge in [0.15, 0.2) is 0 Å². The Morgan fingerprint density at radius 3 is 3.04 bits per heavy atom. The van der Waals surface area contributed by atoms with Crippen LogP contribution in [0.15, 0.2) is 30.6 Å². The number of carbonyl (C=O) groups excluding carboxylic acids is 1. The Balaban J connectivity index is 1.62. The summed E-state index contributed by atoms with van der Waals surface area (Å²) in [4.78, 5) is 19.0. The molecule has 0 radical (unpaired) electrons. The Bertz CT molecular complexity index is 694. The molecule has 1 saturated heterocycles. The first-order valence-corrected chi connectivity index (χ1v) is 8.93. The molecule has 0 N–H and O–H groups in total. The molecule has 1 atom stereocenters. The number of pyridine rings is 1. The first kappa shape index (κ1) is 16.7. The Morgan fingerprint density at radius 1 is 1.38 bits per heavy atom. The summed E-state index contributed by atoms with van der Waals surface area (Å²) in [5.74, 6) is 0.0817. The molecule has 0 unspecified atom stereocenters. The van der Waals surface area contributed by atoms with Gasteiger partial charge >= 0.3 is 0 Å². The maximum Gasteiger partial charge on any atom is 0.274 e. The van der Waals surface area contributed by atoms with Crippen molar-refractivity contribution in [1.29, 1.82) is 0 Å². The van der Waals surface area contributed by atoms with Crippen molar-refractivity contribution < 1.29 is 4.79 Å². The zero-order valence-corrected chi connectivity index (χ0v) is 14.6. The largest absolute Gasteiger partial charge is 0.334 e. The van der Waals surface area contributed by atoms with Gasteiger partial charge in [0.25, 0.3) is 5.91 Å². The van der Waals surface area contributed by atoms with Crippen molar-refractivity contribution in [2.75, 3.05) is 6.54 Å². The van der Waals surface area contributed by atoms with E-state index in [1.165, 1.54) is 5.56 Å². The van der Waals surface area contributed by atoms with Gasteiger partial charge in [-0.25, -0.2) is 0 Å². The van der Waals surface area contributed by atoms with Crippen LogP contribution >= 0.6 is 0 Å². The lowest BCUT2D eigenvalue weighted by atomic mass is 10.0. The summed E-state index contributed by atoms with van der Waals surface area (Å²) >= 11 is 0. The lowest BCUT2D eigenvalue weighted by Crippen LogP contribution is -2.36. The van der Waals surface area contributed by atoms with Crippen LogP contribution in [-0.2, 0) is 13.0 Å². The Hall–Kier alpha value is -2.17. The minimum atomic E-state index is 0.0817. The third-order valence-electron chi connectivity index (χ3n) is 4.68. The second-order valence-corrected chi connectivity index (χ2v) is 6.60. The van der Waals surface area contributed by atoms with Gasteiger partial charge in [0.1, 0.15) is 5.69 Å². The average molecular weight is 326 g/mol. The average Bonchev–Trinajstić information content (AvgIpc) is 3.22. The number of aromatic nitrogens is 3. The summed E-state index contributed by atoms with van der Waals surface area (Å²) in [6, 6.07) is 6.37. The molecule has 1 fully saturated rings. The molecule has 0 aromatic carbocycles. The predicted octanol–water partition coefficient (Wildman–Crippen LogP) is 3.23. The van der Waals surface area contributed by atoms with Crippen molar-refractivity contribution in [2.24, 2.45) is 0 Å². The Labute approximate surface area is 143 Å². The van der Waals surface area contributed by atoms with Crippen LogP contribution in [0.2, 0.25) is 0 Å². The molecule has 0 aliphatic carbocycles. The lowest BCUT2D eigenvalue weighted by Gasteiger charge is -2.24. The number of hydrogen-bond donors (Lipinski definition) is 0. The first-order chi connectivity index (χ1) is 11.7. The Morgan fingerprint density at radius 2 is 2.25 bits per heavy atom. The van der Waals surface area contributed by atoms with E-state index in [1.54, 1.807) is 0 Å². The molecule has 1 amide bonds. The van der Waals surface area contributed by atoms with E-state index < -0.39 is 0 Å². The zero-order valence-electron chi connectivity index (χ0n) is 14.6. The summed E-state index contributed by atoms with van der Waals surface area (Å²) in [6.45, 7) is 5.83. The number of hydrogen-bond acceptors (Lipinski definition) is 3. The number of rotatable bonds is 6. The van der Waals surface area contributed by atoms with Crippen molar-refractivity contribution in [2.45, 2.75) is 58.5 Å². The maximum absolute atomic E-state index is 12.8. The second kappa shape index (κ2) is 7.60. The van der Waals surface area contributed by atoms with Crippen molar-refractivity contribution >= 4 is 5.91 Å². The second-order valence-electron chi connectivity index (χ2n) is 6.60. The van der Waals surface area contributed by atoms with Crippen molar-refractivity contribution in [1.82, 2.24) is 19.7 Å². The van der Waals surface area contributed by atoms with Gasteiger partial charge in [0.05, 0.1) is 0 Å². The molecule has 1 aliphatic rings. The van der Waals surface area contributed by atoms with Gasteiger partial charge < -0.3 is 4.90 Å². The quantitative estimate of drug-likeness (QED) is 0.819. The topological polar surface area (TPSA) is 51.0 Å². The highest BCUT2D eigenvalue weighted by atomic mass is 16.2. The highest BCUT2D eigenvalue weighted by molar-refractivity contribution is 5.92. The molecule has 1 aliphatic heterocycles. The van der Waals surface area contributed by atoms with E-state index >= 15 is 0 Å². The summed E-state index contributed by atoms with van der Waals surface area (Å²) < 4.78 is 1.86. The van der Waals surface area contributed by atoms with E-state index in [-0.39, 0.29) is 5.91 Å². The van der Waals surface area contributed by atoms with E-state index in [0.29, 0.717) is 11.7 Å². The number of aryl methyl sites for hydroxylation is 3. The highest BCUT2D eigenvalue weighted by Crippen LogP contribution is 2.23. The SMILES string of the molecule is CCCn1ccc(C(=O)N2CCC[C@H]2CCc2ccnc(C)c2)n1.